The average Bonchev–Trinajstić information content (AvgIpc) is 2.59. The van der Waals surface area contributed by atoms with Crippen LogP contribution in [0, 0.1) is 0 Å². The summed E-state index contributed by atoms with van der Waals surface area (Å²) in [4.78, 5) is 26.2. The number of nitrogens with one attached hydrogen (secondary N) is 2. The van der Waals surface area contributed by atoms with E-state index in [0.717, 1.165) is 32.1 Å². The summed E-state index contributed by atoms with van der Waals surface area (Å²) in [5.74, 6) is -1.21. The Balaban J connectivity index is 2.14. The summed E-state index contributed by atoms with van der Waals surface area (Å²) in [6.07, 6.45) is 4.75. The van der Waals surface area contributed by atoms with Gasteiger partial charge in [0.1, 0.15) is 0 Å². The molecule has 88 valence electrons. The van der Waals surface area contributed by atoms with E-state index in [2.05, 4.69) is 15.6 Å². The smallest absolute Gasteiger partial charge is 0.316 e. The zero-order valence-electron chi connectivity index (χ0n) is 8.95. The van der Waals surface area contributed by atoms with Crippen molar-refractivity contribution in [2.24, 2.45) is 4.99 Å². The van der Waals surface area contributed by atoms with E-state index in [1.54, 1.807) is 0 Å². The summed E-state index contributed by atoms with van der Waals surface area (Å²) < 4.78 is 0. The number of aliphatic hydroxyl groups excluding tert-OH is 1. The second-order valence-corrected chi connectivity index (χ2v) is 4.31. The van der Waals surface area contributed by atoms with Gasteiger partial charge in [-0.3, -0.25) is 20.2 Å². The molecule has 0 atom stereocenters. The van der Waals surface area contributed by atoms with E-state index in [9.17, 15) is 14.7 Å². The predicted molar refractivity (Wildman–Crippen MR) is 56.6 cm³/mol. The number of hydrogen-bond donors (Lipinski definition) is 3. The van der Waals surface area contributed by atoms with Crippen LogP contribution in [0.25, 0.3) is 0 Å². The highest BCUT2D eigenvalue weighted by atomic mass is 16.3. The first-order chi connectivity index (χ1) is 7.65. The molecule has 2 rings (SSSR count). The molecule has 16 heavy (non-hydrogen) atoms. The Morgan fingerprint density at radius 1 is 1.12 bits per heavy atom. The van der Waals surface area contributed by atoms with Gasteiger partial charge in [-0.25, -0.2) is 4.99 Å². The third-order valence-corrected chi connectivity index (χ3v) is 3.10. The first-order valence-electron chi connectivity index (χ1n) is 5.48. The molecular formula is C10H15N3O3. The summed E-state index contributed by atoms with van der Waals surface area (Å²) >= 11 is 0. The van der Waals surface area contributed by atoms with Gasteiger partial charge in [0.25, 0.3) is 0 Å². The lowest BCUT2D eigenvalue weighted by Crippen LogP contribution is -2.39. The predicted octanol–water partition coefficient (Wildman–Crippen LogP) is -0.716. The highest BCUT2D eigenvalue weighted by Gasteiger charge is 2.34. The second-order valence-electron chi connectivity index (χ2n) is 4.31. The van der Waals surface area contributed by atoms with Gasteiger partial charge < -0.3 is 5.11 Å². The van der Waals surface area contributed by atoms with E-state index in [0.29, 0.717) is 0 Å². The molecule has 1 saturated heterocycles. The topological polar surface area (TPSA) is 90.8 Å². The van der Waals surface area contributed by atoms with Crippen LogP contribution in [0.3, 0.4) is 0 Å². The Hall–Kier alpha value is -1.43. The monoisotopic (exact) mass is 225 g/mol. The molecule has 1 aliphatic carbocycles. The number of guanidine groups is 1. The third-order valence-electron chi connectivity index (χ3n) is 3.10. The Labute approximate surface area is 93.1 Å². The fourth-order valence-corrected chi connectivity index (χ4v) is 2.17. The lowest BCUT2D eigenvalue weighted by molar-refractivity contribution is -0.135. The van der Waals surface area contributed by atoms with Gasteiger partial charge in [-0.15, -0.1) is 0 Å². The summed E-state index contributed by atoms with van der Waals surface area (Å²) in [5, 5.41) is 14.1. The summed E-state index contributed by atoms with van der Waals surface area (Å²) in [6, 6.07) is 0. The van der Waals surface area contributed by atoms with Crippen LogP contribution in [-0.4, -0.2) is 35.0 Å². The first kappa shape index (κ1) is 11.1. The van der Waals surface area contributed by atoms with Crippen molar-refractivity contribution in [3.63, 3.8) is 0 Å². The Bertz CT molecular complexity index is 327. The standard InChI is InChI=1S/C10H15N3O3/c14-6-10(4-2-1-3-5-10)13-9-11-7(15)8(16)12-9/h14H,1-6H2,(H2,11,12,13,15,16). The van der Waals surface area contributed by atoms with Gasteiger partial charge in [0.15, 0.2) is 0 Å². The lowest BCUT2D eigenvalue weighted by Gasteiger charge is -2.31. The Morgan fingerprint density at radius 3 is 2.19 bits per heavy atom. The van der Waals surface area contributed by atoms with Crippen LogP contribution in [-0.2, 0) is 9.59 Å². The minimum atomic E-state index is -0.692. The number of carbonyl (C=O) groups excluding carboxylic acids is 2. The van der Waals surface area contributed by atoms with Crippen molar-refractivity contribution in [1.29, 1.82) is 0 Å². The number of aliphatic imine (C=N–C) groups is 1. The van der Waals surface area contributed by atoms with Crippen molar-refractivity contribution >= 4 is 17.8 Å². The van der Waals surface area contributed by atoms with E-state index in [-0.39, 0.29) is 12.6 Å². The van der Waals surface area contributed by atoms with Gasteiger partial charge in [0, 0.05) is 0 Å². The Morgan fingerprint density at radius 2 is 1.69 bits per heavy atom. The maximum atomic E-state index is 11.0. The van der Waals surface area contributed by atoms with Crippen molar-refractivity contribution < 1.29 is 14.7 Å². The van der Waals surface area contributed by atoms with Crippen molar-refractivity contribution in [2.75, 3.05) is 6.61 Å². The molecule has 1 saturated carbocycles. The molecule has 2 amide bonds. The SMILES string of the molecule is O=C1NC(=NC2(CO)CCCCC2)NC1=O. The van der Waals surface area contributed by atoms with Crippen LogP contribution in [0.5, 0.6) is 0 Å². The summed E-state index contributed by atoms with van der Waals surface area (Å²) in [5.41, 5.74) is -0.529. The minimum Gasteiger partial charge on any atom is -0.394 e. The second kappa shape index (κ2) is 4.21. The number of nitrogens with zero attached hydrogens (tertiary/aromatic N) is 1. The van der Waals surface area contributed by atoms with Gasteiger partial charge in [-0.2, -0.15) is 0 Å². The van der Waals surface area contributed by atoms with E-state index in [1.807, 2.05) is 0 Å². The van der Waals surface area contributed by atoms with Crippen LogP contribution in [0.15, 0.2) is 4.99 Å². The quantitative estimate of drug-likeness (QED) is 0.542. The molecule has 0 aromatic rings. The highest BCUT2D eigenvalue weighted by Crippen LogP contribution is 2.31. The number of amides is 2. The molecule has 1 heterocycles. The average molecular weight is 225 g/mol. The van der Waals surface area contributed by atoms with Crippen LogP contribution in [0.4, 0.5) is 0 Å². The molecule has 3 N–H and O–H groups in total. The summed E-state index contributed by atoms with van der Waals surface area (Å²) in [7, 11) is 0. The molecule has 0 aromatic carbocycles. The fraction of sp³-hybridized carbons (Fsp3) is 0.700. The van der Waals surface area contributed by atoms with Gasteiger partial charge in [0.2, 0.25) is 5.96 Å². The molecule has 2 aliphatic rings. The van der Waals surface area contributed by atoms with Crippen molar-refractivity contribution in [3.05, 3.63) is 0 Å². The molecule has 6 nitrogen and oxygen atoms in total. The van der Waals surface area contributed by atoms with Crippen LogP contribution >= 0.6 is 0 Å². The zero-order valence-corrected chi connectivity index (χ0v) is 8.95. The van der Waals surface area contributed by atoms with Crippen molar-refractivity contribution in [1.82, 2.24) is 10.6 Å². The largest absolute Gasteiger partial charge is 0.394 e. The number of carbonyl (C=O) groups is 2. The molecule has 6 heteroatoms. The van der Waals surface area contributed by atoms with Crippen LogP contribution in [0.1, 0.15) is 32.1 Å². The summed E-state index contributed by atoms with van der Waals surface area (Å²) in [6.45, 7) is -0.0533. The minimum absolute atomic E-state index is 0.0533. The highest BCUT2D eigenvalue weighted by molar-refractivity contribution is 6.45. The first-order valence-corrected chi connectivity index (χ1v) is 5.48. The van der Waals surface area contributed by atoms with Crippen molar-refractivity contribution in [2.45, 2.75) is 37.6 Å². The molecule has 0 unspecified atom stereocenters. The number of hydrogen-bond acceptors (Lipinski definition) is 4. The molecule has 0 bridgehead atoms. The zero-order chi connectivity index (χ0) is 11.6. The normalized spacial score (nSPS) is 23.9. The van der Waals surface area contributed by atoms with Crippen LogP contribution < -0.4 is 10.6 Å². The Kier molecular flexibility index (Phi) is 2.91. The van der Waals surface area contributed by atoms with Crippen molar-refractivity contribution in [3.8, 4) is 0 Å². The number of aliphatic hydroxyl groups is 1. The van der Waals surface area contributed by atoms with Gasteiger partial charge in [0.05, 0.1) is 12.1 Å². The van der Waals surface area contributed by atoms with Crippen LogP contribution in [0.2, 0.25) is 0 Å². The van der Waals surface area contributed by atoms with Gasteiger partial charge in [-0.05, 0) is 12.8 Å². The molecular weight excluding hydrogens is 210 g/mol. The van der Waals surface area contributed by atoms with E-state index < -0.39 is 17.4 Å². The molecule has 0 spiro atoms. The van der Waals surface area contributed by atoms with E-state index >= 15 is 0 Å². The molecule has 2 fully saturated rings. The van der Waals surface area contributed by atoms with E-state index in [1.165, 1.54) is 0 Å². The maximum Gasteiger partial charge on any atom is 0.316 e. The van der Waals surface area contributed by atoms with E-state index in [4.69, 9.17) is 0 Å². The number of rotatable bonds is 2. The van der Waals surface area contributed by atoms with Gasteiger partial charge in [-0.1, -0.05) is 19.3 Å². The molecule has 1 aliphatic heterocycles. The van der Waals surface area contributed by atoms with Gasteiger partial charge >= 0.3 is 11.8 Å². The third kappa shape index (κ3) is 2.06. The molecule has 0 aromatic heterocycles. The molecule has 0 radical (unpaired) electrons. The maximum absolute atomic E-state index is 11.0. The fourth-order valence-electron chi connectivity index (χ4n) is 2.17. The lowest BCUT2D eigenvalue weighted by atomic mass is 9.83.